The number of carboxylic acid groups (broad SMARTS) is 1. The van der Waals surface area contributed by atoms with Gasteiger partial charge in [-0.2, -0.15) is 0 Å². The fourth-order valence-electron chi connectivity index (χ4n) is 4.70. The normalized spacial score (nSPS) is 15.6. The van der Waals surface area contributed by atoms with Gasteiger partial charge in [-0.3, -0.25) is 4.90 Å². The Hall–Kier alpha value is -3.66. The fraction of sp³-hybridized carbons (Fsp3) is 0.355. The highest BCUT2D eigenvalue weighted by molar-refractivity contribution is 6.32. The third-order valence-electron chi connectivity index (χ3n) is 7.19. The van der Waals surface area contributed by atoms with Gasteiger partial charge in [0.1, 0.15) is 35.9 Å². The van der Waals surface area contributed by atoms with E-state index in [2.05, 4.69) is 4.90 Å². The van der Waals surface area contributed by atoms with E-state index in [-0.39, 0.29) is 16.7 Å². The lowest BCUT2D eigenvalue weighted by molar-refractivity contribution is 0.0367. The predicted octanol–water partition coefficient (Wildman–Crippen LogP) is 6.09. The summed E-state index contributed by atoms with van der Waals surface area (Å²) >= 11 is 6.05. The zero-order chi connectivity index (χ0) is 28.8. The molecule has 2 aliphatic heterocycles. The van der Waals surface area contributed by atoms with Gasteiger partial charge in [-0.1, -0.05) is 23.7 Å². The van der Waals surface area contributed by atoms with Crippen LogP contribution >= 0.6 is 11.6 Å². The molecule has 0 aliphatic carbocycles. The molecule has 0 unspecified atom stereocenters. The fourth-order valence-corrected chi connectivity index (χ4v) is 4.92. The van der Waals surface area contributed by atoms with Crippen LogP contribution in [0.3, 0.4) is 0 Å². The second kappa shape index (κ2) is 13.3. The molecule has 0 atom stereocenters. The van der Waals surface area contributed by atoms with E-state index in [9.17, 15) is 14.3 Å². The first-order valence-electron chi connectivity index (χ1n) is 13.7. The number of nitrogens with zero attached hydrogens (tertiary/aromatic N) is 3. The molecule has 3 aromatic carbocycles. The van der Waals surface area contributed by atoms with Crippen molar-refractivity contribution in [1.82, 2.24) is 14.5 Å². The van der Waals surface area contributed by atoms with Gasteiger partial charge in [-0.05, 0) is 73.4 Å². The summed E-state index contributed by atoms with van der Waals surface area (Å²) in [6.07, 6.45) is 3.16. The average Bonchev–Trinajstić information content (AvgIpc) is 3.23. The number of fused-ring (bicyclic) bond motifs is 1. The molecule has 0 radical (unpaired) electrons. The van der Waals surface area contributed by atoms with Gasteiger partial charge in [0.25, 0.3) is 0 Å². The molecule has 41 heavy (non-hydrogen) atoms. The minimum absolute atomic E-state index is 0.109. The number of aromatic carboxylic acids is 1. The maximum absolute atomic E-state index is 13.2. The molecule has 0 bridgehead atoms. The van der Waals surface area contributed by atoms with Crippen LogP contribution in [0.1, 0.15) is 41.0 Å². The predicted molar refractivity (Wildman–Crippen MR) is 154 cm³/mol. The minimum Gasteiger partial charge on any atom is -0.490 e. The van der Waals surface area contributed by atoms with Crippen LogP contribution in [0.5, 0.6) is 11.5 Å². The van der Waals surface area contributed by atoms with Gasteiger partial charge in [-0.15, -0.1) is 0 Å². The summed E-state index contributed by atoms with van der Waals surface area (Å²) in [5, 5.41) is 9.51. The molecule has 2 saturated heterocycles. The van der Waals surface area contributed by atoms with Crippen molar-refractivity contribution in [1.29, 1.82) is 0 Å². The van der Waals surface area contributed by atoms with Crippen LogP contribution in [0.15, 0.2) is 60.7 Å². The highest BCUT2D eigenvalue weighted by atomic mass is 35.5. The molecule has 8 nitrogen and oxygen atoms in total. The lowest BCUT2D eigenvalue weighted by atomic mass is 10.1. The van der Waals surface area contributed by atoms with Crippen molar-refractivity contribution in [2.45, 2.75) is 38.5 Å². The molecule has 3 heterocycles. The Morgan fingerprint density at radius 2 is 1.88 bits per heavy atom. The van der Waals surface area contributed by atoms with Crippen molar-refractivity contribution in [3.8, 4) is 11.5 Å². The van der Waals surface area contributed by atoms with E-state index >= 15 is 0 Å². The number of benzene rings is 3. The van der Waals surface area contributed by atoms with Crippen LogP contribution in [-0.4, -0.2) is 57.9 Å². The molecular formula is C31H33ClFN3O5. The topological polar surface area (TPSA) is 86.0 Å². The molecule has 1 aromatic heterocycles. The quantitative estimate of drug-likeness (QED) is 0.269. The minimum atomic E-state index is -0.943. The number of carbonyl (C=O) groups is 1. The van der Waals surface area contributed by atoms with Gasteiger partial charge in [0, 0.05) is 33.4 Å². The summed E-state index contributed by atoms with van der Waals surface area (Å²) in [4.78, 5) is 18.4. The largest absolute Gasteiger partial charge is 0.490 e. The smallest absolute Gasteiger partial charge is 0.335 e. The highest BCUT2D eigenvalue weighted by Gasteiger charge is 2.22. The maximum Gasteiger partial charge on any atom is 0.335 e. The van der Waals surface area contributed by atoms with Crippen LogP contribution < -0.4 is 9.47 Å². The van der Waals surface area contributed by atoms with E-state index in [0.29, 0.717) is 18.9 Å². The SMILES string of the molecule is C1COC1.Cn1c(CN2CCC(Oc3cccc(COc4ccc(F)cc4Cl)c3)CC2)nc2ccc(C(=O)O)cc21. The third kappa shape index (κ3) is 7.55. The summed E-state index contributed by atoms with van der Waals surface area (Å²) in [6, 6.07) is 16.8. The van der Waals surface area contributed by atoms with Crippen LogP contribution in [0.2, 0.25) is 5.02 Å². The number of imidazole rings is 1. The number of aromatic nitrogens is 2. The number of piperidine rings is 1. The second-order valence-corrected chi connectivity index (χ2v) is 10.6. The first-order chi connectivity index (χ1) is 19.9. The number of hydrogen-bond donors (Lipinski definition) is 1. The first-order valence-corrected chi connectivity index (χ1v) is 14.1. The number of hydrogen-bond acceptors (Lipinski definition) is 6. The molecule has 1 N–H and O–H groups in total. The third-order valence-corrected chi connectivity index (χ3v) is 7.48. The molecule has 0 saturated carbocycles. The van der Waals surface area contributed by atoms with Gasteiger partial charge < -0.3 is 23.9 Å². The Morgan fingerprint density at radius 3 is 2.56 bits per heavy atom. The number of carboxylic acids is 1. The van der Waals surface area contributed by atoms with Crippen LogP contribution in [-0.2, 0) is 24.9 Å². The van der Waals surface area contributed by atoms with Gasteiger partial charge in [0.15, 0.2) is 0 Å². The Kier molecular flexibility index (Phi) is 9.38. The summed E-state index contributed by atoms with van der Waals surface area (Å²) < 4.78 is 31.9. The summed E-state index contributed by atoms with van der Waals surface area (Å²) in [6.45, 7) is 4.74. The highest BCUT2D eigenvalue weighted by Crippen LogP contribution is 2.27. The Balaban J connectivity index is 0.000000777. The molecule has 2 fully saturated rings. The summed E-state index contributed by atoms with van der Waals surface area (Å²) in [7, 11) is 1.92. The van der Waals surface area contributed by atoms with E-state index < -0.39 is 11.8 Å². The van der Waals surface area contributed by atoms with Gasteiger partial charge in [0.2, 0.25) is 0 Å². The maximum atomic E-state index is 13.2. The van der Waals surface area contributed by atoms with Gasteiger partial charge in [-0.25, -0.2) is 14.2 Å². The van der Waals surface area contributed by atoms with Gasteiger partial charge in [0.05, 0.1) is 28.2 Å². The van der Waals surface area contributed by atoms with Gasteiger partial charge >= 0.3 is 5.97 Å². The van der Waals surface area contributed by atoms with E-state index in [0.717, 1.165) is 67.3 Å². The number of ether oxygens (including phenoxy) is 3. The molecule has 216 valence electrons. The molecule has 0 amide bonds. The first kappa shape index (κ1) is 28.9. The van der Waals surface area contributed by atoms with E-state index in [1.807, 2.05) is 35.9 Å². The summed E-state index contributed by atoms with van der Waals surface area (Å²) in [5.41, 5.74) is 2.81. The lowest BCUT2D eigenvalue weighted by Crippen LogP contribution is -2.38. The zero-order valence-electron chi connectivity index (χ0n) is 22.9. The van der Waals surface area contributed by atoms with E-state index in [1.54, 1.807) is 18.2 Å². The number of halogens is 2. The number of aryl methyl sites for hydroxylation is 1. The Bertz CT molecular complexity index is 1490. The van der Waals surface area contributed by atoms with Crippen molar-refractivity contribution in [3.63, 3.8) is 0 Å². The molecule has 6 rings (SSSR count). The summed E-state index contributed by atoms with van der Waals surface area (Å²) in [5.74, 6) is 0.786. The molecule has 10 heteroatoms. The van der Waals surface area contributed by atoms with Crippen molar-refractivity contribution < 1.29 is 28.5 Å². The molecule has 4 aromatic rings. The number of rotatable bonds is 8. The Morgan fingerprint density at radius 1 is 1.12 bits per heavy atom. The molecular weight excluding hydrogens is 549 g/mol. The van der Waals surface area contributed by atoms with Crippen molar-refractivity contribution in [3.05, 3.63) is 88.5 Å². The van der Waals surface area contributed by atoms with Crippen LogP contribution in [0.25, 0.3) is 11.0 Å². The van der Waals surface area contributed by atoms with Crippen LogP contribution in [0.4, 0.5) is 4.39 Å². The van der Waals surface area contributed by atoms with Crippen molar-refractivity contribution in [2.24, 2.45) is 7.05 Å². The number of likely N-dealkylation sites (tertiary alicyclic amines) is 1. The van der Waals surface area contributed by atoms with Crippen LogP contribution in [0, 0.1) is 5.82 Å². The van der Waals surface area contributed by atoms with E-state index in [4.69, 9.17) is 30.8 Å². The Labute approximate surface area is 243 Å². The van der Waals surface area contributed by atoms with Crippen molar-refractivity contribution >= 4 is 28.6 Å². The van der Waals surface area contributed by atoms with E-state index in [1.165, 1.54) is 24.6 Å². The standard InChI is InChI=1S/C28H27ClFN3O4.C3H6O/c1-32-25-14-19(28(34)35)5-7-24(25)31-27(32)16-33-11-9-21(10-12-33)37-22-4-2-3-18(13-22)17-36-26-8-6-20(30)15-23(26)29;1-2-4-3-1/h2-8,13-15,21H,9-12,16-17H2,1H3,(H,34,35);1-3H2. The lowest BCUT2D eigenvalue weighted by Gasteiger charge is -2.32. The zero-order valence-corrected chi connectivity index (χ0v) is 23.6. The molecule has 2 aliphatic rings. The second-order valence-electron chi connectivity index (χ2n) is 10.2. The van der Waals surface area contributed by atoms with Crippen molar-refractivity contribution in [2.75, 3.05) is 26.3 Å². The monoisotopic (exact) mass is 581 g/mol. The molecule has 0 spiro atoms. The average molecular weight is 582 g/mol.